The first-order valence-electron chi connectivity index (χ1n) is 11.6. The van der Waals surface area contributed by atoms with Gasteiger partial charge in [0.2, 0.25) is 0 Å². The van der Waals surface area contributed by atoms with Crippen LogP contribution in [0.3, 0.4) is 0 Å². The van der Waals surface area contributed by atoms with Crippen LogP contribution in [0.4, 0.5) is 0 Å². The molecule has 2 heterocycles. The molecule has 0 spiro atoms. The molecule has 0 aliphatic heterocycles. The van der Waals surface area contributed by atoms with E-state index in [0.717, 1.165) is 51.3 Å². The van der Waals surface area contributed by atoms with Crippen LogP contribution < -0.4 is 4.74 Å². The standard InChI is InChI=1S/C29H24N4OS/c1-2-3-16-34-25-13-9-10-21(18-25)28-23(20-33(32-28)24-11-5-4-6-12-24)17-22(19-30)29-31-26-14-7-8-15-27(26)35-29/h4-15,17-18,20H,2-3,16H2,1H3. The fourth-order valence-corrected chi connectivity index (χ4v) is 4.71. The first-order chi connectivity index (χ1) is 17.2. The minimum absolute atomic E-state index is 0.510. The van der Waals surface area contributed by atoms with Crippen LogP contribution in [0.1, 0.15) is 30.3 Å². The third-order valence-corrected chi connectivity index (χ3v) is 6.65. The van der Waals surface area contributed by atoms with E-state index in [4.69, 9.17) is 9.84 Å². The smallest absolute Gasteiger partial charge is 0.135 e. The van der Waals surface area contributed by atoms with Crippen molar-refractivity contribution in [2.24, 2.45) is 0 Å². The highest BCUT2D eigenvalue weighted by Gasteiger charge is 2.15. The van der Waals surface area contributed by atoms with Gasteiger partial charge in [0.15, 0.2) is 0 Å². The summed E-state index contributed by atoms with van der Waals surface area (Å²) < 4.78 is 8.84. The van der Waals surface area contributed by atoms with Gasteiger partial charge in [0.25, 0.3) is 0 Å². The lowest BCUT2D eigenvalue weighted by Crippen LogP contribution is -1.97. The quantitative estimate of drug-likeness (QED) is 0.173. The maximum atomic E-state index is 10.0. The van der Waals surface area contributed by atoms with E-state index in [1.54, 1.807) is 0 Å². The first kappa shape index (κ1) is 22.6. The van der Waals surface area contributed by atoms with Crippen molar-refractivity contribution in [2.45, 2.75) is 19.8 Å². The van der Waals surface area contributed by atoms with Gasteiger partial charge in [0.05, 0.1) is 28.1 Å². The lowest BCUT2D eigenvalue weighted by Gasteiger charge is -2.07. The predicted molar refractivity (Wildman–Crippen MR) is 143 cm³/mol. The maximum absolute atomic E-state index is 10.0. The number of allylic oxidation sites excluding steroid dienone is 1. The molecule has 172 valence electrons. The Morgan fingerprint density at radius 1 is 1.06 bits per heavy atom. The number of hydrogen-bond donors (Lipinski definition) is 0. The summed E-state index contributed by atoms with van der Waals surface area (Å²) in [6.45, 7) is 2.83. The number of para-hydroxylation sites is 2. The highest BCUT2D eigenvalue weighted by Crippen LogP contribution is 2.32. The van der Waals surface area contributed by atoms with Crippen LogP contribution in [0, 0.1) is 11.3 Å². The Hall–Kier alpha value is -4.21. The summed E-state index contributed by atoms with van der Waals surface area (Å²) in [5.41, 5.74) is 4.91. The molecule has 0 saturated carbocycles. The van der Waals surface area contributed by atoms with Crippen molar-refractivity contribution in [1.29, 1.82) is 5.26 Å². The second-order valence-corrected chi connectivity index (χ2v) is 9.13. The molecule has 3 aromatic carbocycles. The normalized spacial score (nSPS) is 11.5. The fraction of sp³-hybridized carbons (Fsp3) is 0.138. The zero-order valence-electron chi connectivity index (χ0n) is 19.4. The van der Waals surface area contributed by atoms with Crippen LogP contribution in [0.25, 0.3) is 38.8 Å². The summed E-state index contributed by atoms with van der Waals surface area (Å²) in [6, 6.07) is 28.2. The van der Waals surface area contributed by atoms with Gasteiger partial charge in [-0.15, -0.1) is 11.3 Å². The van der Waals surface area contributed by atoms with Crippen LogP contribution in [0.15, 0.2) is 85.1 Å². The zero-order chi connectivity index (χ0) is 24.0. The largest absolute Gasteiger partial charge is 0.494 e. The van der Waals surface area contributed by atoms with Crippen LogP contribution in [-0.2, 0) is 0 Å². The number of ether oxygens (including phenoxy) is 1. The predicted octanol–water partition coefficient (Wildman–Crippen LogP) is 7.39. The Bertz CT molecular complexity index is 1490. The molecule has 0 atom stereocenters. The van der Waals surface area contributed by atoms with Crippen LogP contribution >= 0.6 is 11.3 Å². The summed E-state index contributed by atoms with van der Waals surface area (Å²) >= 11 is 1.52. The number of aromatic nitrogens is 3. The van der Waals surface area contributed by atoms with E-state index in [1.165, 1.54) is 11.3 Å². The van der Waals surface area contributed by atoms with E-state index in [0.29, 0.717) is 17.2 Å². The van der Waals surface area contributed by atoms with Crippen LogP contribution in [0.5, 0.6) is 5.75 Å². The average molecular weight is 477 g/mol. The van der Waals surface area contributed by atoms with E-state index in [2.05, 4.69) is 18.0 Å². The van der Waals surface area contributed by atoms with Crippen molar-refractivity contribution in [3.63, 3.8) is 0 Å². The van der Waals surface area contributed by atoms with Crippen LogP contribution in [-0.4, -0.2) is 21.4 Å². The number of benzene rings is 3. The highest BCUT2D eigenvalue weighted by atomic mass is 32.1. The molecule has 35 heavy (non-hydrogen) atoms. The molecule has 6 heteroatoms. The molecular formula is C29H24N4OS. The van der Waals surface area contributed by atoms with E-state index in [1.807, 2.05) is 95.8 Å². The lowest BCUT2D eigenvalue weighted by atomic mass is 10.1. The van der Waals surface area contributed by atoms with Gasteiger partial charge in [-0.1, -0.05) is 55.8 Å². The van der Waals surface area contributed by atoms with Crippen molar-refractivity contribution in [1.82, 2.24) is 14.8 Å². The Labute approximate surface area is 208 Å². The van der Waals surface area contributed by atoms with Gasteiger partial charge in [-0.2, -0.15) is 10.4 Å². The Morgan fingerprint density at radius 2 is 1.89 bits per heavy atom. The molecule has 0 unspecified atom stereocenters. The summed E-state index contributed by atoms with van der Waals surface area (Å²) in [5.74, 6) is 0.812. The average Bonchev–Trinajstić information content (AvgIpc) is 3.52. The first-order valence-corrected chi connectivity index (χ1v) is 12.4. The Kier molecular flexibility index (Phi) is 6.69. The van der Waals surface area contributed by atoms with Gasteiger partial charge in [0, 0.05) is 17.3 Å². The van der Waals surface area contributed by atoms with Crippen molar-refractivity contribution < 1.29 is 4.74 Å². The molecule has 0 saturated heterocycles. The minimum Gasteiger partial charge on any atom is -0.494 e. The van der Waals surface area contributed by atoms with Gasteiger partial charge in [-0.3, -0.25) is 0 Å². The maximum Gasteiger partial charge on any atom is 0.135 e. The molecule has 5 rings (SSSR count). The van der Waals surface area contributed by atoms with Crippen molar-refractivity contribution >= 4 is 33.2 Å². The minimum atomic E-state index is 0.510. The number of rotatable bonds is 8. The highest BCUT2D eigenvalue weighted by molar-refractivity contribution is 7.19. The van der Waals surface area contributed by atoms with Gasteiger partial charge in [-0.25, -0.2) is 9.67 Å². The fourth-order valence-electron chi connectivity index (χ4n) is 3.78. The Balaban J connectivity index is 1.60. The molecule has 0 fully saturated rings. The molecule has 5 aromatic rings. The number of fused-ring (bicyclic) bond motifs is 1. The summed E-state index contributed by atoms with van der Waals surface area (Å²) in [5, 5.41) is 15.6. The lowest BCUT2D eigenvalue weighted by molar-refractivity contribution is 0.309. The van der Waals surface area contributed by atoms with Crippen molar-refractivity contribution in [3.8, 4) is 28.8 Å². The van der Waals surface area contributed by atoms with Gasteiger partial charge >= 0.3 is 0 Å². The molecule has 2 aromatic heterocycles. The third kappa shape index (κ3) is 5.01. The number of thiazole rings is 1. The van der Waals surface area contributed by atoms with E-state index in [-0.39, 0.29) is 0 Å². The van der Waals surface area contributed by atoms with Gasteiger partial charge < -0.3 is 4.74 Å². The molecular weight excluding hydrogens is 452 g/mol. The van der Waals surface area contributed by atoms with Crippen molar-refractivity contribution in [2.75, 3.05) is 6.61 Å². The molecule has 0 radical (unpaired) electrons. The van der Waals surface area contributed by atoms with E-state index < -0.39 is 0 Å². The van der Waals surface area contributed by atoms with Gasteiger partial charge in [-0.05, 0) is 48.9 Å². The monoisotopic (exact) mass is 476 g/mol. The molecule has 5 nitrogen and oxygen atoms in total. The summed E-state index contributed by atoms with van der Waals surface area (Å²) in [6.07, 6.45) is 5.93. The SMILES string of the molecule is CCCCOc1cccc(-c2nn(-c3ccccc3)cc2C=C(C#N)c2nc3ccccc3s2)c1. The third-order valence-electron chi connectivity index (χ3n) is 5.58. The summed E-state index contributed by atoms with van der Waals surface area (Å²) in [7, 11) is 0. The molecule has 0 aliphatic carbocycles. The van der Waals surface area contributed by atoms with Gasteiger partial charge in [0.1, 0.15) is 22.5 Å². The molecule has 0 aliphatic rings. The molecule has 0 amide bonds. The summed E-state index contributed by atoms with van der Waals surface area (Å²) in [4.78, 5) is 4.68. The topological polar surface area (TPSA) is 63.7 Å². The number of nitrogens with zero attached hydrogens (tertiary/aromatic N) is 4. The number of unbranched alkanes of at least 4 members (excludes halogenated alkanes) is 1. The Morgan fingerprint density at radius 3 is 2.69 bits per heavy atom. The second-order valence-electron chi connectivity index (χ2n) is 8.10. The van der Waals surface area contributed by atoms with Crippen LogP contribution in [0.2, 0.25) is 0 Å². The molecule has 0 bridgehead atoms. The number of nitriles is 1. The second kappa shape index (κ2) is 10.4. The van der Waals surface area contributed by atoms with Crippen molar-refractivity contribution in [3.05, 3.63) is 95.6 Å². The molecule has 0 N–H and O–H groups in total. The zero-order valence-corrected chi connectivity index (χ0v) is 20.2. The van der Waals surface area contributed by atoms with E-state index in [9.17, 15) is 5.26 Å². The van der Waals surface area contributed by atoms with E-state index >= 15 is 0 Å². The number of hydrogen-bond acceptors (Lipinski definition) is 5.